The normalized spacial score (nSPS) is 12.4. The first-order valence-electron chi connectivity index (χ1n) is 6.40. The lowest BCUT2D eigenvalue weighted by Gasteiger charge is -2.14. The number of halogens is 1. The number of benzene rings is 1. The van der Waals surface area contributed by atoms with Crippen molar-refractivity contribution in [2.24, 2.45) is 0 Å². The number of unbranched alkanes of at least 4 members (excludes halogenated alkanes) is 1. The van der Waals surface area contributed by atoms with Gasteiger partial charge in [0.15, 0.2) is 0 Å². The molecular weight excluding hydrogens is 294 g/mol. The van der Waals surface area contributed by atoms with Crippen LogP contribution >= 0.6 is 15.9 Å². The number of hydrogen-bond donors (Lipinski definition) is 2. The Balaban J connectivity index is 2.29. The average molecular weight is 316 g/mol. The summed E-state index contributed by atoms with van der Waals surface area (Å²) < 4.78 is 6.42. The quantitative estimate of drug-likeness (QED) is 0.723. The van der Waals surface area contributed by atoms with Gasteiger partial charge in [0.05, 0.1) is 12.7 Å². The molecule has 18 heavy (non-hydrogen) atoms. The fraction of sp³-hybridized carbons (Fsp3) is 0.571. The minimum absolute atomic E-state index is 0.385. The molecule has 0 aromatic heterocycles. The van der Waals surface area contributed by atoms with Crippen molar-refractivity contribution < 1.29 is 9.84 Å². The second-order valence-corrected chi connectivity index (χ2v) is 5.19. The molecular formula is C14H22BrNO2. The molecule has 4 heteroatoms. The molecule has 0 aliphatic carbocycles. The Hall–Kier alpha value is -0.580. The van der Waals surface area contributed by atoms with Gasteiger partial charge in [-0.1, -0.05) is 25.5 Å². The van der Waals surface area contributed by atoms with E-state index in [4.69, 9.17) is 4.74 Å². The summed E-state index contributed by atoms with van der Waals surface area (Å²) >= 11 is 3.53. The lowest BCUT2D eigenvalue weighted by molar-refractivity contribution is 0.0421. The van der Waals surface area contributed by atoms with Crippen LogP contribution in [0.4, 0.5) is 5.69 Å². The van der Waals surface area contributed by atoms with Gasteiger partial charge in [0.1, 0.15) is 0 Å². The van der Waals surface area contributed by atoms with Crippen LogP contribution in [0, 0.1) is 6.92 Å². The lowest BCUT2D eigenvalue weighted by Crippen LogP contribution is -2.25. The van der Waals surface area contributed by atoms with Crippen molar-refractivity contribution in [2.75, 3.05) is 25.1 Å². The molecule has 0 aliphatic heterocycles. The van der Waals surface area contributed by atoms with Crippen molar-refractivity contribution in [1.29, 1.82) is 0 Å². The first-order valence-corrected chi connectivity index (χ1v) is 7.19. The van der Waals surface area contributed by atoms with Crippen LogP contribution < -0.4 is 5.32 Å². The van der Waals surface area contributed by atoms with Crippen molar-refractivity contribution in [3.63, 3.8) is 0 Å². The van der Waals surface area contributed by atoms with E-state index in [1.54, 1.807) is 0 Å². The molecule has 1 rings (SSSR count). The average Bonchev–Trinajstić information content (AvgIpc) is 2.36. The van der Waals surface area contributed by atoms with E-state index in [-0.39, 0.29) is 0 Å². The number of nitrogens with one attached hydrogen (secondary N) is 1. The van der Waals surface area contributed by atoms with Crippen molar-refractivity contribution >= 4 is 21.6 Å². The van der Waals surface area contributed by atoms with E-state index in [0.29, 0.717) is 13.2 Å². The molecule has 0 heterocycles. The zero-order valence-corrected chi connectivity index (χ0v) is 12.7. The van der Waals surface area contributed by atoms with Crippen LogP contribution in [0.15, 0.2) is 22.7 Å². The van der Waals surface area contributed by atoms with Gasteiger partial charge in [0.2, 0.25) is 0 Å². The SMILES string of the molecule is CCCCOCC(O)CNc1cccc(C)c1Br. The highest BCUT2D eigenvalue weighted by Gasteiger charge is 2.06. The van der Waals surface area contributed by atoms with Gasteiger partial charge in [-0.05, 0) is 40.9 Å². The van der Waals surface area contributed by atoms with E-state index in [2.05, 4.69) is 28.2 Å². The molecule has 0 saturated carbocycles. The number of aryl methyl sites for hydroxylation is 1. The molecule has 0 amide bonds. The predicted molar refractivity (Wildman–Crippen MR) is 79.1 cm³/mol. The first kappa shape index (κ1) is 15.5. The van der Waals surface area contributed by atoms with Gasteiger partial charge in [-0.15, -0.1) is 0 Å². The first-order chi connectivity index (χ1) is 8.65. The molecule has 0 spiro atoms. The Morgan fingerprint density at radius 3 is 2.94 bits per heavy atom. The van der Waals surface area contributed by atoms with Gasteiger partial charge in [0, 0.05) is 23.3 Å². The Labute approximate surface area is 118 Å². The van der Waals surface area contributed by atoms with E-state index in [1.807, 2.05) is 25.1 Å². The number of aliphatic hydroxyl groups is 1. The summed E-state index contributed by atoms with van der Waals surface area (Å²) in [6.45, 7) is 5.77. The Morgan fingerprint density at radius 2 is 2.22 bits per heavy atom. The summed E-state index contributed by atoms with van der Waals surface area (Å²) in [5.41, 5.74) is 2.18. The molecule has 102 valence electrons. The van der Waals surface area contributed by atoms with Crippen LogP contribution in [-0.4, -0.2) is 31.0 Å². The summed E-state index contributed by atoms with van der Waals surface area (Å²) in [4.78, 5) is 0. The summed E-state index contributed by atoms with van der Waals surface area (Å²) in [6, 6.07) is 6.02. The predicted octanol–water partition coefficient (Wildman–Crippen LogP) is 3.35. The molecule has 1 atom stereocenters. The number of anilines is 1. The fourth-order valence-corrected chi connectivity index (χ4v) is 1.94. The fourth-order valence-electron chi connectivity index (χ4n) is 1.54. The molecule has 2 N–H and O–H groups in total. The number of rotatable bonds is 8. The second-order valence-electron chi connectivity index (χ2n) is 4.40. The van der Waals surface area contributed by atoms with Gasteiger partial charge in [-0.3, -0.25) is 0 Å². The molecule has 0 aliphatic rings. The van der Waals surface area contributed by atoms with E-state index in [1.165, 1.54) is 5.56 Å². The zero-order chi connectivity index (χ0) is 13.4. The Bertz CT molecular complexity index is 358. The maximum absolute atomic E-state index is 9.77. The van der Waals surface area contributed by atoms with Crippen LogP contribution in [0.25, 0.3) is 0 Å². The van der Waals surface area contributed by atoms with Crippen molar-refractivity contribution in [2.45, 2.75) is 32.8 Å². The summed E-state index contributed by atoms with van der Waals surface area (Å²) in [5, 5.41) is 13.0. The van der Waals surface area contributed by atoms with E-state index < -0.39 is 6.10 Å². The molecule has 0 saturated heterocycles. The summed E-state index contributed by atoms with van der Waals surface area (Å²) in [7, 11) is 0. The molecule has 1 aromatic rings. The third kappa shape index (κ3) is 5.38. The van der Waals surface area contributed by atoms with Gasteiger partial charge in [0.25, 0.3) is 0 Å². The van der Waals surface area contributed by atoms with Gasteiger partial charge in [-0.25, -0.2) is 0 Å². The third-order valence-electron chi connectivity index (χ3n) is 2.67. The Kier molecular flexibility index (Phi) is 7.32. The topological polar surface area (TPSA) is 41.5 Å². The molecule has 3 nitrogen and oxygen atoms in total. The van der Waals surface area contributed by atoms with Crippen molar-refractivity contribution in [3.05, 3.63) is 28.2 Å². The Morgan fingerprint density at radius 1 is 1.44 bits per heavy atom. The van der Waals surface area contributed by atoms with Crippen molar-refractivity contribution in [1.82, 2.24) is 0 Å². The van der Waals surface area contributed by atoms with E-state index in [0.717, 1.165) is 29.6 Å². The van der Waals surface area contributed by atoms with Crippen LogP contribution in [0.3, 0.4) is 0 Å². The molecule has 0 bridgehead atoms. The largest absolute Gasteiger partial charge is 0.389 e. The molecule has 1 aromatic carbocycles. The van der Waals surface area contributed by atoms with E-state index >= 15 is 0 Å². The molecule has 0 radical (unpaired) electrons. The maximum Gasteiger partial charge on any atom is 0.0945 e. The van der Waals surface area contributed by atoms with Gasteiger partial charge >= 0.3 is 0 Å². The number of hydrogen-bond acceptors (Lipinski definition) is 3. The van der Waals surface area contributed by atoms with Crippen LogP contribution in [-0.2, 0) is 4.74 Å². The van der Waals surface area contributed by atoms with E-state index in [9.17, 15) is 5.11 Å². The van der Waals surface area contributed by atoms with Crippen molar-refractivity contribution in [3.8, 4) is 0 Å². The van der Waals surface area contributed by atoms with Gasteiger partial charge < -0.3 is 15.2 Å². The highest BCUT2D eigenvalue weighted by molar-refractivity contribution is 9.10. The third-order valence-corrected chi connectivity index (χ3v) is 3.72. The van der Waals surface area contributed by atoms with Crippen LogP contribution in [0.1, 0.15) is 25.3 Å². The monoisotopic (exact) mass is 315 g/mol. The highest BCUT2D eigenvalue weighted by atomic mass is 79.9. The standard InChI is InChI=1S/C14H22BrNO2/c1-3-4-8-18-10-12(17)9-16-13-7-5-6-11(2)14(13)15/h5-7,12,16-17H,3-4,8-10H2,1-2H3. The molecule has 1 unspecified atom stereocenters. The lowest BCUT2D eigenvalue weighted by atomic mass is 10.2. The zero-order valence-electron chi connectivity index (χ0n) is 11.1. The maximum atomic E-state index is 9.77. The minimum Gasteiger partial charge on any atom is -0.389 e. The van der Waals surface area contributed by atoms with Crippen LogP contribution in [0.5, 0.6) is 0 Å². The number of aliphatic hydroxyl groups excluding tert-OH is 1. The number of ether oxygens (including phenoxy) is 1. The highest BCUT2D eigenvalue weighted by Crippen LogP contribution is 2.25. The van der Waals surface area contributed by atoms with Gasteiger partial charge in [-0.2, -0.15) is 0 Å². The van der Waals surface area contributed by atoms with Crippen LogP contribution in [0.2, 0.25) is 0 Å². The summed E-state index contributed by atoms with van der Waals surface area (Å²) in [6.07, 6.45) is 1.68. The smallest absolute Gasteiger partial charge is 0.0945 e. The minimum atomic E-state index is -0.478. The summed E-state index contributed by atoms with van der Waals surface area (Å²) in [5.74, 6) is 0. The second kappa shape index (κ2) is 8.51. The molecule has 0 fully saturated rings.